The van der Waals surface area contributed by atoms with Gasteiger partial charge in [0.1, 0.15) is 5.75 Å². The van der Waals surface area contributed by atoms with Crippen LogP contribution in [0.3, 0.4) is 0 Å². The Kier molecular flexibility index (Phi) is 7.00. The molecule has 0 aliphatic carbocycles. The van der Waals surface area contributed by atoms with Crippen molar-refractivity contribution in [2.24, 2.45) is 0 Å². The molecule has 1 atom stereocenters. The quantitative estimate of drug-likeness (QED) is 0.770. The van der Waals surface area contributed by atoms with Gasteiger partial charge in [0.15, 0.2) is 0 Å². The van der Waals surface area contributed by atoms with Gasteiger partial charge in [0, 0.05) is 16.3 Å². The van der Waals surface area contributed by atoms with Gasteiger partial charge in [0.25, 0.3) is 0 Å². The van der Waals surface area contributed by atoms with Crippen molar-refractivity contribution in [2.75, 3.05) is 12.9 Å². The summed E-state index contributed by atoms with van der Waals surface area (Å²) in [6.45, 7) is 3.99. The lowest BCUT2D eigenvalue weighted by atomic mass is 10.0. The lowest BCUT2D eigenvalue weighted by Gasteiger charge is -2.18. The molecule has 0 aliphatic heterocycles. The summed E-state index contributed by atoms with van der Waals surface area (Å²) < 4.78 is 5.38. The maximum atomic E-state index is 12.2. The van der Waals surface area contributed by atoms with Crippen molar-refractivity contribution in [3.8, 4) is 5.75 Å². The SMILES string of the molecule is COc1ccc(C)cc1[C@@H](C)NC(=O)CSCc1ccccc1Cl. The Morgan fingerprint density at radius 1 is 1.29 bits per heavy atom. The van der Waals surface area contributed by atoms with Crippen molar-refractivity contribution < 1.29 is 9.53 Å². The Bertz CT molecular complexity index is 706. The van der Waals surface area contributed by atoms with Gasteiger partial charge in [0.05, 0.1) is 18.9 Å². The van der Waals surface area contributed by atoms with Crippen molar-refractivity contribution in [1.29, 1.82) is 0 Å². The lowest BCUT2D eigenvalue weighted by molar-refractivity contribution is -0.119. The molecule has 0 heterocycles. The Hall–Kier alpha value is -1.65. The molecule has 2 aromatic carbocycles. The summed E-state index contributed by atoms with van der Waals surface area (Å²) in [5, 5.41) is 3.77. The molecule has 5 heteroatoms. The van der Waals surface area contributed by atoms with E-state index in [1.54, 1.807) is 18.9 Å². The first-order valence-electron chi connectivity index (χ1n) is 7.76. The van der Waals surface area contributed by atoms with Gasteiger partial charge in [-0.05, 0) is 31.5 Å². The van der Waals surface area contributed by atoms with Gasteiger partial charge in [-0.25, -0.2) is 0 Å². The Morgan fingerprint density at radius 3 is 2.75 bits per heavy atom. The van der Waals surface area contributed by atoms with Crippen molar-refractivity contribution in [1.82, 2.24) is 5.32 Å². The predicted molar refractivity (Wildman–Crippen MR) is 102 cm³/mol. The van der Waals surface area contributed by atoms with Crippen LogP contribution in [0.25, 0.3) is 0 Å². The highest BCUT2D eigenvalue weighted by Gasteiger charge is 2.14. The standard InChI is InChI=1S/C19H22ClNO2S/c1-13-8-9-18(23-3)16(10-13)14(2)21-19(22)12-24-11-15-6-4-5-7-17(15)20/h4-10,14H,11-12H2,1-3H3,(H,21,22)/t14-/m1/s1. The molecule has 1 amide bonds. The van der Waals surface area contributed by atoms with Crippen LogP contribution in [0.15, 0.2) is 42.5 Å². The van der Waals surface area contributed by atoms with E-state index in [1.165, 1.54) is 0 Å². The Labute approximate surface area is 152 Å². The molecule has 0 aromatic heterocycles. The number of hydrogen-bond donors (Lipinski definition) is 1. The second-order valence-electron chi connectivity index (χ2n) is 5.62. The molecule has 2 rings (SSSR count). The summed E-state index contributed by atoms with van der Waals surface area (Å²) in [5.74, 6) is 1.90. The third-order valence-corrected chi connectivity index (χ3v) is 5.03. The van der Waals surface area contributed by atoms with Gasteiger partial charge < -0.3 is 10.1 Å². The number of ether oxygens (including phenoxy) is 1. The van der Waals surface area contributed by atoms with Crippen LogP contribution in [0.1, 0.15) is 29.7 Å². The van der Waals surface area contributed by atoms with Gasteiger partial charge in [-0.3, -0.25) is 4.79 Å². The van der Waals surface area contributed by atoms with E-state index in [0.29, 0.717) is 5.75 Å². The van der Waals surface area contributed by atoms with E-state index >= 15 is 0 Å². The van der Waals surface area contributed by atoms with E-state index in [1.807, 2.05) is 56.3 Å². The molecule has 1 N–H and O–H groups in total. The number of hydrogen-bond acceptors (Lipinski definition) is 3. The molecule has 24 heavy (non-hydrogen) atoms. The summed E-state index contributed by atoms with van der Waals surface area (Å²) in [4.78, 5) is 12.2. The van der Waals surface area contributed by atoms with E-state index in [2.05, 4.69) is 5.32 Å². The van der Waals surface area contributed by atoms with Gasteiger partial charge in [0.2, 0.25) is 5.91 Å². The molecular weight excluding hydrogens is 342 g/mol. The lowest BCUT2D eigenvalue weighted by Crippen LogP contribution is -2.28. The zero-order valence-corrected chi connectivity index (χ0v) is 15.7. The zero-order valence-electron chi connectivity index (χ0n) is 14.1. The molecule has 0 fully saturated rings. The van der Waals surface area contributed by atoms with Crippen LogP contribution in [0.2, 0.25) is 5.02 Å². The van der Waals surface area contributed by atoms with Crippen LogP contribution in [-0.4, -0.2) is 18.8 Å². The van der Waals surface area contributed by atoms with E-state index in [0.717, 1.165) is 33.2 Å². The predicted octanol–water partition coefficient (Wildman–Crippen LogP) is 4.77. The number of thioether (sulfide) groups is 1. The number of nitrogens with one attached hydrogen (secondary N) is 1. The average molecular weight is 364 g/mol. The zero-order chi connectivity index (χ0) is 17.5. The molecular formula is C19H22ClNO2S. The van der Waals surface area contributed by atoms with Crippen LogP contribution in [0, 0.1) is 6.92 Å². The van der Waals surface area contributed by atoms with Crippen molar-refractivity contribution in [3.05, 3.63) is 64.2 Å². The molecule has 0 unspecified atom stereocenters. The van der Waals surface area contributed by atoms with Crippen molar-refractivity contribution >= 4 is 29.3 Å². The van der Waals surface area contributed by atoms with Crippen LogP contribution >= 0.6 is 23.4 Å². The molecule has 2 aromatic rings. The summed E-state index contributed by atoms with van der Waals surface area (Å²) in [6, 6.07) is 13.6. The minimum absolute atomic E-state index is 0.00288. The summed E-state index contributed by atoms with van der Waals surface area (Å²) in [7, 11) is 1.64. The normalized spacial score (nSPS) is 11.8. The van der Waals surface area contributed by atoms with Crippen LogP contribution in [-0.2, 0) is 10.5 Å². The third kappa shape index (κ3) is 5.18. The number of carbonyl (C=O) groups excluding carboxylic acids is 1. The first-order valence-corrected chi connectivity index (χ1v) is 9.29. The Morgan fingerprint density at radius 2 is 2.04 bits per heavy atom. The highest BCUT2D eigenvalue weighted by Crippen LogP contribution is 2.26. The van der Waals surface area contributed by atoms with Crippen LogP contribution in [0.4, 0.5) is 0 Å². The number of methoxy groups -OCH3 is 1. The maximum Gasteiger partial charge on any atom is 0.230 e. The second kappa shape index (κ2) is 9.00. The molecule has 0 spiro atoms. The molecule has 3 nitrogen and oxygen atoms in total. The molecule has 0 radical (unpaired) electrons. The Balaban J connectivity index is 1.88. The average Bonchev–Trinajstić information content (AvgIpc) is 2.56. The van der Waals surface area contributed by atoms with E-state index in [-0.39, 0.29) is 11.9 Å². The van der Waals surface area contributed by atoms with E-state index in [9.17, 15) is 4.79 Å². The van der Waals surface area contributed by atoms with E-state index in [4.69, 9.17) is 16.3 Å². The number of aryl methyl sites for hydroxylation is 1. The monoisotopic (exact) mass is 363 g/mol. The van der Waals surface area contributed by atoms with Gasteiger partial charge in [-0.1, -0.05) is 47.5 Å². The molecule has 0 bridgehead atoms. The van der Waals surface area contributed by atoms with E-state index < -0.39 is 0 Å². The highest BCUT2D eigenvalue weighted by atomic mass is 35.5. The minimum Gasteiger partial charge on any atom is -0.496 e. The molecule has 0 saturated heterocycles. The first kappa shape index (κ1) is 18.7. The smallest absolute Gasteiger partial charge is 0.230 e. The number of carbonyl (C=O) groups is 1. The highest BCUT2D eigenvalue weighted by molar-refractivity contribution is 7.99. The fourth-order valence-corrected chi connectivity index (χ4v) is 3.55. The largest absolute Gasteiger partial charge is 0.496 e. The van der Waals surface area contributed by atoms with Gasteiger partial charge >= 0.3 is 0 Å². The van der Waals surface area contributed by atoms with Gasteiger partial charge in [-0.2, -0.15) is 0 Å². The molecule has 128 valence electrons. The fraction of sp³-hybridized carbons (Fsp3) is 0.316. The molecule has 0 aliphatic rings. The fourth-order valence-electron chi connectivity index (χ4n) is 2.42. The summed E-state index contributed by atoms with van der Waals surface area (Å²) in [5.41, 5.74) is 3.17. The van der Waals surface area contributed by atoms with Crippen molar-refractivity contribution in [2.45, 2.75) is 25.6 Å². The first-order chi connectivity index (χ1) is 11.5. The maximum absolute atomic E-state index is 12.2. The van der Waals surface area contributed by atoms with Crippen LogP contribution < -0.4 is 10.1 Å². The number of amides is 1. The summed E-state index contributed by atoms with van der Waals surface area (Å²) >= 11 is 7.68. The number of benzene rings is 2. The summed E-state index contributed by atoms with van der Waals surface area (Å²) in [6.07, 6.45) is 0. The topological polar surface area (TPSA) is 38.3 Å². The third-order valence-electron chi connectivity index (χ3n) is 3.68. The van der Waals surface area contributed by atoms with Gasteiger partial charge in [-0.15, -0.1) is 11.8 Å². The number of rotatable bonds is 7. The number of halogens is 1. The van der Waals surface area contributed by atoms with Crippen molar-refractivity contribution in [3.63, 3.8) is 0 Å². The van der Waals surface area contributed by atoms with Crippen LogP contribution in [0.5, 0.6) is 5.75 Å². The minimum atomic E-state index is -0.103. The molecule has 0 saturated carbocycles. The second-order valence-corrected chi connectivity index (χ2v) is 7.01.